The molecule has 0 radical (unpaired) electrons. The second kappa shape index (κ2) is 6.86. The molecule has 3 N–H and O–H groups in total. The average molecular weight is 276 g/mol. The van der Waals surface area contributed by atoms with E-state index >= 15 is 0 Å². The van der Waals surface area contributed by atoms with Crippen LogP contribution in [0.3, 0.4) is 0 Å². The molecule has 0 spiro atoms. The fourth-order valence-corrected chi connectivity index (χ4v) is 3.03. The van der Waals surface area contributed by atoms with E-state index in [2.05, 4.69) is 5.32 Å². The lowest BCUT2D eigenvalue weighted by atomic mass is 9.86. The zero-order chi connectivity index (χ0) is 14.4. The third kappa shape index (κ3) is 3.19. The van der Waals surface area contributed by atoms with Gasteiger partial charge in [0.05, 0.1) is 6.61 Å². The minimum Gasteiger partial charge on any atom is -0.382 e. The Morgan fingerprint density at radius 1 is 1.30 bits per heavy atom. The standard InChI is InChI=1S/C16H24N2O2/c1-20-12-16(15(17)19,13-8-4-2-5-9-13)18-14-10-6-3-7-11-14/h2,4-5,8-9,14,18H,3,6-7,10-12H2,1H3,(H2,17,19). The molecule has 0 saturated heterocycles. The van der Waals surface area contributed by atoms with Crippen molar-refractivity contribution in [1.29, 1.82) is 0 Å². The van der Waals surface area contributed by atoms with Crippen molar-refractivity contribution in [1.82, 2.24) is 5.32 Å². The van der Waals surface area contributed by atoms with E-state index < -0.39 is 5.54 Å². The van der Waals surface area contributed by atoms with Gasteiger partial charge in [0.1, 0.15) is 5.54 Å². The number of methoxy groups -OCH3 is 1. The molecule has 1 fully saturated rings. The average Bonchev–Trinajstić information content (AvgIpc) is 2.48. The molecule has 20 heavy (non-hydrogen) atoms. The summed E-state index contributed by atoms with van der Waals surface area (Å²) in [7, 11) is 1.60. The van der Waals surface area contributed by atoms with E-state index in [1.54, 1.807) is 7.11 Å². The molecule has 0 heterocycles. The third-order valence-corrected chi connectivity index (χ3v) is 4.10. The second-order valence-electron chi connectivity index (χ2n) is 5.55. The lowest BCUT2D eigenvalue weighted by Gasteiger charge is -2.37. The first-order valence-corrected chi connectivity index (χ1v) is 7.31. The molecule has 1 aromatic rings. The van der Waals surface area contributed by atoms with E-state index in [9.17, 15) is 4.79 Å². The molecule has 1 saturated carbocycles. The van der Waals surface area contributed by atoms with Crippen molar-refractivity contribution in [2.45, 2.75) is 43.7 Å². The van der Waals surface area contributed by atoms with Crippen LogP contribution < -0.4 is 11.1 Å². The van der Waals surface area contributed by atoms with Crippen molar-refractivity contribution in [3.8, 4) is 0 Å². The number of ether oxygens (including phenoxy) is 1. The molecule has 0 bridgehead atoms. The SMILES string of the molecule is COCC(NC1CCCCC1)(C(N)=O)c1ccccc1. The molecule has 1 unspecified atom stereocenters. The van der Waals surface area contributed by atoms with Crippen molar-refractivity contribution in [2.75, 3.05) is 13.7 Å². The van der Waals surface area contributed by atoms with Crippen LogP contribution in [0.4, 0.5) is 0 Å². The summed E-state index contributed by atoms with van der Waals surface area (Å²) in [5, 5.41) is 3.49. The number of benzene rings is 1. The first kappa shape index (κ1) is 15.0. The summed E-state index contributed by atoms with van der Waals surface area (Å²) < 4.78 is 5.30. The monoisotopic (exact) mass is 276 g/mol. The first-order valence-electron chi connectivity index (χ1n) is 7.31. The zero-order valence-electron chi connectivity index (χ0n) is 12.1. The number of nitrogens with one attached hydrogen (secondary N) is 1. The lowest BCUT2D eigenvalue weighted by Crippen LogP contribution is -2.59. The Hall–Kier alpha value is -1.39. The van der Waals surface area contributed by atoms with E-state index in [0.29, 0.717) is 6.04 Å². The highest BCUT2D eigenvalue weighted by Gasteiger charge is 2.40. The summed E-state index contributed by atoms with van der Waals surface area (Å²) in [4.78, 5) is 12.2. The van der Waals surface area contributed by atoms with Gasteiger partial charge in [-0.3, -0.25) is 10.1 Å². The van der Waals surface area contributed by atoms with Gasteiger partial charge in [-0.2, -0.15) is 0 Å². The van der Waals surface area contributed by atoms with Crippen LogP contribution >= 0.6 is 0 Å². The Morgan fingerprint density at radius 3 is 2.50 bits per heavy atom. The minimum atomic E-state index is -0.933. The maximum absolute atomic E-state index is 12.2. The van der Waals surface area contributed by atoms with Crippen molar-refractivity contribution >= 4 is 5.91 Å². The lowest BCUT2D eigenvalue weighted by molar-refractivity contribution is -0.127. The van der Waals surface area contributed by atoms with Gasteiger partial charge in [0.15, 0.2) is 0 Å². The molecule has 1 atom stereocenters. The highest BCUT2D eigenvalue weighted by molar-refractivity contribution is 5.86. The Balaban J connectivity index is 2.29. The minimum absolute atomic E-state index is 0.253. The first-order chi connectivity index (χ1) is 9.69. The number of amides is 1. The summed E-state index contributed by atoms with van der Waals surface area (Å²) in [5.74, 6) is -0.379. The van der Waals surface area contributed by atoms with Gasteiger partial charge in [-0.15, -0.1) is 0 Å². The highest BCUT2D eigenvalue weighted by atomic mass is 16.5. The second-order valence-corrected chi connectivity index (χ2v) is 5.55. The van der Waals surface area contributed by atoms with E-state index in [1.165, 1.54) is 19.3 Å². The van der Waals surface area contributed by atoms with Gasteiger partial charge in [-0.05, 0) is 18.4 Å². The van der Waals surface area contributed by atoms with E-state index in [4.69, 9.17) is 10.5 Å². The van der Waals surface area contributed by atoms with Crippen LogP contribution in [-0.2, 0) is 15.1 Å². The summed E-state index contributed by atoms with van der Waals surface area (Å²) in [6.07, 6.45) is 5.86. The number of rotatable bonds is 6. The third-order valence-electron chi connectivity index (χ3n) is 4.10. The molecular formula is C16H24N2O2. The molecule has 1 aromatic carbocycles. The van der Waals surface area contributed by atoms with Crippen LogP contribution in [0.5, 0.6) is 0 Å². The van der Waals surface area contributed by atoms with Crippen LogP contribution in [0.2, 0.25) is 0 Å². The van der Waals surface area contributed by atoms with Crippen molar-refractivity contribution in [3.63, 3.8) is 0 Å². The predicted octanol–water partition coefficient (Wildman–Crippen LogP) is 1.94. The van der Waals surface area contributed by atoms with Crippen LogP contribution in [-0.4, -0.2) is 25.7 Å². The maximum atomic E-state index is 12.2. The molecule has 2 rings (SSSR count). The summed E-state index contributed by atoms with van der Waals surface area (Å²) in [6, 6.07) is 9.96. The Labute approximate surface area is 120 Å². The molecule has 1 aliphatic rings. The van der Waals surface area contributed by atoms with E-state index in [1.807, 2.05) is 30.3 Å². The molecule has 4 heteroatoms. The number of hydrogen-bond donors (Lipinski definition) is 2. The number of carbonyl (C=O) groups excluding carboxylic acids is 1. The van der Waals surface area contributed by atoms with E-state index in [-0.39, 0.29) is 12.5 Å². The fourth-order valence-electron chi connectivity index (χ4n) is 3.03. The summed E-state index contributed by atoms with van der Waals surface area (Å²) >= 11 is 0. The topological polar surface area (TPSA) is 64.3 Å². The highest BCUT2D eigenvalue weighted by Crippen LogP contribution is 2.26. The van der Waals surface area contributed by atoms with Gasteiger partial charge in [0.25, 0.3) is 0 Å². The quantitative estimate of drug-likeness (QED) is 0.834. The molecule has 1 amide bonds. The van der Waals surface area contributed by atoms with Gasteiger partial charge in [0.2, 0.25) is 5.91 Å². The molecule has 0 aromatic heterocycles. The summed E-state index contributed by atoms with van der Waals surface area (Å²) in [5.41, 5.74) is 5.67. The molecule has 1 aliphatic carbocycles. The Bertz CT molecular complexity index is 429. The van der Waals surface area contributed by atoms with Crippen LogP contribution in [0.1, 0.15) is 37.7 Å². The van der Waals surface area contributed by atoms with Crippen molar-refractivity contribution in [3.05, 3.63) is 35.9 Å². The van der Waals surface area contributed by atoms with Gasteiger partial charge < -0.3 is 10.5 Å². The van der Waals surface area contributed by atoms with Crippen LogP contribution in [0, 0.1) is 0 Å². The van der Waals surface area contributed by atoms with E-state index in [0.717, 1.165) is 18.4 Å². The number of nitrogens with two attached hydrogens (primary N) is 1. The van der Waals surface area contributed by atoms with Crippen LogP contribution in [0.25, 0.3) is 0 Å². The zero-order valence-corrected chi connectivity index (χ0v) is 12.1. The largest absolute Gasteiger partial charge is 0.382 e. The smallest absolute Gasteiger partial charge is 0.244 e. The van der Waals surface area contributed by atoms with Crippen molar-refractivity contribution < 1.29 is 9.53 Å². The molecule has 4 nitrogen and oxygen atoms in total. The number of hydrogen-bond acceptors (Lipinski definition) is 3. The van der Waals surface area contributed by atoms with Gasteiger partial charge in [-0.25, -0.2) is 0 Å². The molecule has 0 aliphatic heterocycles. The maximum Gasteiger partial charge on any atom is 0.244 e. The molecule has 110 valence electrons. The molecular weight excluding hydrogens is 252 g/mol. The Morgan fingerprint density at radius 2 is 1.95 bits per heavy atom. The van der Waals surface area contributed by atoms with Gasteiger partial charge in [0, 0.05) is 13.2 Å². The Kier molecular flexibility index (Phi) is 5.15. The van der Waals surface area contributed by atoms with Gasteiger partial charge in [-0.1, -0.05) is 49.6 Å². The predicted molar refractivity (Wildman–Crippen MR) is 79.2 cm³/mol. The van der Waals surface area contributed by atoms with Crippen molar-refractivity contribution in [2.24, 2.45) is 5.73 Å². The normalized spacial score (nSPS) is 19.4. The summed E-state index contributed by atoms with van der Waals surface area (Å²) in [6.45, 7) is 0.253. The van der Waals surface area contributed by atoms with Gasteiger partial charge >= 0.3 is 0 Å². The number of carbonyl (C=O) groups is 1. The van der Waals surface area contributed by atoms with Crippen LogP contribution in [0.15, 0.2) is 30.3 Å². The fraction of sp³-hybridized carbons (Fsp3) is 0.562. The number of primary amides is 1.